The lowest BCUT2D eigenvalue weighted by Gasteiger charge is -2.27. The number of ketones is 1. The normalized spacial score (nSPS) is 16.6. The number of nitrogens with one attached hydrogen (secondary N) is 1. The summed E-state index contributed by atoms with van der Waals surface area (Å²) >= 11 is 0. The summed E-state index contributed by atoms with van der Waals surface area (Å²) in [4.78, 5) is 27.9. The predicted molar refractivity (Wildman–Crippen MR) is 124 cm³/mol. The van der Waals surface area contributed by atoms with Crippen molar-refractivity contribution in [3.8, 4) is 11.1 Å². The average Bonchev–Trinajstić information content (AvgIpc) is 3.05. The zero-order valence-electron chi connectivity index (χ0n) is 17.9. The molecule has 0 fully saturated rings. The Balaban J connectivity index is 1.33. The van der Waals surface area contributed by atoms with Gasteiger partial charge < -0.3 is 10.2 Å². The minimum atomic E-state index is -0.187. The van der Waals surface area contributed by atoms with E-state index in [1.54, 1.807) is 12.1 Å². The van der Waals surface area contributed by atoms with E-state index in [0.29, 0.717) is 22.6 Å². The monoisotopic (exact) mass is 410 g/mol. The van der Waals surface area contributed by atoms with Crippen LogP contribution in [0.2, 0.25) is 0 Å². The van der Waals surface area contributed by atoms with Crippen LogP contribution in [0.1, 0.15) is 43.8 Å². The molecule has 0 saturated heterocycles. The maximum Gasteiger partial charge on any atom is 0.255 e. The Bertz CT molecular complexity index is 1200. The van der Waals surface area contributed by atoms with Crippen molar-refractivity contribution in [2.24, 2.45) is 5.92 Å². The number of carbonyl (C=O) groups is 2. The van der Waals surface area contributed by atoms with Gasteiger partial charge in [-0.2, -0.15) is 0 Å². The van der Waals surface area contributed by atoms with Gasteiger partial charge in [0.05, 0.1) is 0 Å². The highest BCUT2D eigenvalue weighted by Crippen LogP contribution is 2.37. The van der Waals surface area contributed by atoms with E-state index in [9.17, 15) is 9.59 Å². The summed E-state index contributed by atoms with van der Waals surface area (Å²) in [7, 11) is 4.25. The van der Waals surface area contributed by atoms with E-state index >= 15 is 0 Å². The molecule has 0 radical (unpaired) electrons. The first-order valence-electron chi connectivity index (χ1n) is 10.9. The summed E-state index contributed by atoms with van der Waals surface area (Å²) in [5.41, 5.74) is 7.18. The van der Waals surface area contributed by atoms with Crippen LogP contribution in [0.25, 0.3) is 11.1 Å². The van der Waals surface area contributed by atoms with E-state index in [2.05, 4.69) is 36.4 Å². The molecule has 3 aromatic rings. The second-order valence-corrected chi connectivity index (χ2v) is 8.94. The fourth-order valence-electron chi connectivity index (χ4n) is 4.95. The molecular weight excluding hydrogens is 384 g/mol. The van der Waals surface area contributed by atoms with E-state index in [1.807, 2.05) is 36.4 Å². The van der Waals surface area contributed by atoms with Crippen molar-refractivity contribution in [1.82, 2.24) is 4.90 Å². The van der Waals surface area contributed by atoms with E-state index in [0.717, 1.165) is 36.2 Å². The number of benzene rings is 3. The minimum Gasteiger partial charge on any atom is -0.322 e. The van der Waals surface area contributed by atoms with Crippen molar-refractivity contribution >= 4 is 17.4 Å². The minimum absolute atomic E-state index is 0.0127. The van der Waals surface area contributed by atoms with Crippen molar-refractivity contribution < 1.29 is 9.59 Å². The highest BCUT2D eigenvalue weighted by molar-refractivity contribution is 6.22. The third kappa shape index (κ3) is 3.68. The number of anilines is 1. The standard InChI is InChI=1S/C27H26N2O2/c1-29(2)16-17-7-8-19-14-21(11-9-18(19)13-17)28-27(31)20-10-12-23-22-5-3-4-6-24(22)26(30)25(23)15-20/h3-6,9-12,14-15,17H,7-8,13,16H2,1-2H3,(H,28,31). The van der Waals surface area contributed by atoms with E-state index in [1.165, 1.54) is 17.5 Å². The molecule has 0 bridgehead atoms. The second kappa shape index (κ2) is 7.78. The zero-order valence-corrected chi connectivity index (χ0v) is 17.9. The van der Waals surface area contributed by atoms with Crippen LogP contribution in [-0.2, 0) is 12.8 Å². The van der Waals surface area contributed by atoms with Crippen LogP contribution >= 0.6 is 0 Å². The largest absolute Gasteiger partial charge is 0.322 e. The van der Waals surface area contributed by atoms with Gasteiger partial charge in [-0.25, -0.2) is 0 Å². The fraction of sp³-hybridized carbons (Fsp3) is 0.259. The van der Waals surface area contributed by atoms with Crippen LogP contribution in [0.5, 0.6) is 0 Å². The molecule has 3 aromatic carbocycles. The molecule has 5 rings (SSSR count). The van der Waals surface area contributed by atoms with Gasteiger partial charge in [0.25, 0.3) is 5.91 Å². The molecular formula is C27H26N2O2. The van der Waals surface area contributed by atoms with Gasteiger partial charge >= 0.3 is 0 Å². The van der Waals surface area contributed by atoms with Crippen LogP contribution in [-0.4, -0.2) is 37.2 Å². The van der Waals surface area contributed by atoms with Crippen molar-refractivity contribution in [2.45, 2.75) is 19.3 Å². The number of fused-ring (bicyclic) bond motifs is 4. The molecule has 1 N–H and O–H groups in total. The molecule has 31 heavy (non-hydrogen) atoms. The smallest absolute Gasteiger partial charge is 0.255 e. The van der Waals surface area contributed by atoms with Crippen LogP contribution in [0.3, 0.4) is 0 Å². The maximum atomic E-state index is 12.9. The molecule has 156 valence electrons. The molecule has 0 heterocycles. The number of rotatable bonds is 4. The Hall–Kier alpha value is -3.24. The number of carbonyl (C=O) groups excluding carboxylic acids is 2. The van der Waals surface area contributed by atoms with Gasteiger partial charge in [-0.15, -0.1) is 0 Å². The molecule has 4 nitrogen and oxygen atoms in total. The van der Waals surface area contributed by atoms with Crippen LogP contribution in [0, 0.1) is 5.92 Å². The summed E-state index contributed by atoms with van der Waals surface area (Å²) in [6.45, 7) is 1.11. The average molecular weight is 411 g/mol. The summed E-state index contributed by atoms with van der Waals surface area (Å²) in [5.74, 6) is 0.491. The topological polar surface area (TPSA) is 49.4 Å². The quantitative estimate of drug-likeness (QED) is 0.525. The maximum absolute atomic E-state index is 12.9. The number of aryl methyl sites for hydroxylation is 1. The van der Waals surface area contributed by atoms with Gasteiger partial charge in [-0.1, -0.05) is 36.4 Å². The Labute approximate surface area is 182 Å². The molecule has 0 aliphatic heterocycles. The Morgan fingerprint density at radius 1 is 0.935 bits per heavy atom. The summed E-state index contributed by atoms with van der Waals surface area (Å²) in [6, 6.07) is 19.2. The van der Waals surface area contributed by atoms with E-state index in [-0.39, 0.29) is 11.7 Å². The van der Waals surface area contributed by atoms with Gasteiger partial charge in [0.2, 0.25) is 0 Å². The molecule has 0 spiro atoms. The number of hydrogen-bond acceptors (Lipinski definition) is 3. The lowest BCUT2D eigenvalue weighted by atomic mass is 9.83. The van der Waals surface area contributed by atoms with Crippen LogP contribution in [0.4, 0.5) is 5.69 Å². The zero-order chi connectivity index (χ0) is 21.5. The number of hydrogen-bond donors (Lipinski definition) is 1. The van der Waals surface area contributed by atoms with Crippen LogP contribution in [0.15, 0.2) is 60.7 Å². The third-order valence-electron chi connectivity index (χ3n) is 6.41. The first-order valence-corrected chi connectivity index (χ1v) is 10.9. The van der Waals surface area contributed by atoms with E-state index in [4.69, 9.17) is 0 Å². The Morgan fingerprint density at radius 2 is 1.71 bits per heavy atom. The lowest BCUT2D eigenvalue weighted by molar-refractivity contribution is 0.102. The van der Waals surface area contributed by atoms with Crippen molar-refractivity contribution in [3.05, 3.63) is 88.5 Å². The van der Waals surface area contributed by atoms with Crippen molar-refractivity contribution in [1.29, 1.82) is 0 Å². The van der Waals surface area contributed by atoms with Gasteiger partial charge in [-0.05, 0) is 85.8 Å². The van der Waals surface area contributed by atoms with Gasteiger partial charge in [0.15, 0.2) is 5.78 Å². The summed E-state index contributed by atoms with van der Waals surface area (Å²) in [6.07, 6.45) is 3.31. The fourth-order valence-corrected chi connectivity index (χ4v) is 4.95. The first-order chi connectivity index (χ1) is 15.0. The molecule has 1 unspecified atom stereocenters. The summed E-state index contributed by atoms with van der Waals surface area (Å²) < 4.78 is 0. The highest BCUT2D eigenvalue weighted by Gasteiger charge is 2.27. The van der Waals surface area contributed by atoms with Gasteiger partial charge in [0.1, 0.15) is 0 Å². The van der Waals surface area contributed by atoms with Crippen LogP contribution < -0.4 is 5.32 Å². The second-order valence-electron chi connectivity index (χ2n) is 8.94. The van der Waals surface area contributed by atoms with E-state index < -0.39 is 0 Å². The molecule has 2 aliphatic carbocycles. The predicted octanol–water partition coefficient (Wildman–Crippen LogP) is 4.82. The summed E-state index contributed by atoms with van der Waals surface area (Å²) in [5, 5.41) is 3.02. The molecule has 2 aliphatic rings. The van der Waals surface area contributed by atoms with Crippen molar-refractivity contribution in [2.75, 3.05) is 26.0 Å². The third-order valence-corrected chi connectivity index (χ3v) is 6.41. The molecule has 1 amide bonds. The lowest BCUT2D eigenvalue weighted by Crippen LogP contribution is -2.26. The Kier molecular flexibility index (Phi) is 4.95. The molecule has 0 aromatic heterocycles. The number of nitrogens with zero attached hydrogens (tertiary/aromatic N) is 1. The van der Waals surface area contributed by atoms with Crippen molar-refractivity contribution in [3.63, 3.8) is 0 Å². The molecule has 1 atom stereocenters. The Morgan fingerprint density at radius 3 is 2.52 bits per heavy atom. The van der Waals surface area contributed by atoms with Gasteiger partial charge in [0, 0.05) is 28.9 Å². The number of amides is 1. The van der Waals surface area contributed by atoms with Gasteiger partial charge in [-0.3, -0.25) is 9.59 Å². The first kappa shape index (κ1) is 19.7. The molecule has 0 saturated carbocycles. The molecule has 4 heteroatoms. The SMILES string of the molecule is CN(C)CC1CCc2cc(NC(=O)c3ccc4c(c3)C(=O)c3ccccc3-4)ccc2C1. The highest BCUT2D eigenvalue weighted by atomic mass is 16.1.